The highest BCUT2D eigenvalue weighted by atomic mass is 35.5. The zero-order valence-electron chi connectivity index (χ0n) is 36.1. The Balaban J connectivity index is 1.27. The van der Waals surface area contributed by atoms with Gasteiger partial charge < -0.3 is 9.80 Å². The standard InChI is InChI=1S/C61H38BCl2N3/c63-47-30-32-53-55(37-47)66(60-49(41-17-5-1-6-18-41)26-14-27-50(60)42-19-7-2-8-20-42)57-35-46(45-25-13-16-40(34-45)39-65)36-58-59(57)62(53)54-33-31-48(64)38-56(54)67(58)61-51(43-21-9-3-10-22-43)28-15-29-52(61)44-23-11-4-12-24-44/h1-38H. The number of rotatable bonds is 7. The number of fused-ring (bicyclic) bond motifs is 4. The lowest BCUT2D eigenvalue weighted by Gasteiger charge is -2.46. The Morgan fingerprint density at radius 3 is 1.10 bits per heavy atom. The van der Waals surface area contributed by atoms with E-state index in [1.54, 1.807) is 0 Å². The van der Waals surface area contributed by atoms with E-state index in [2.05, 4.69) is 216 Å². The van der Waals surface area contributed by atoms with Crippen molar-refractivity contribution in [2.75, 3.05) is 9.80 Å². The average Bonchev–Trinajstić information content (AvgIpc) is 3.39. The van der Waals surface area contributed by atoms with Gasteiger partial charge in [0.25, 0.3) is 6.71 Å². The fourth-order valence-corrected chi connectivity index (χ4v) is 10.7. The van der Waals surface area contributed by atoms with Gasteiger partial charge in [-0.15, -0.1) is 0 Å². The van der Waals surface area contributed by atoms with Gasteiger partial charge in [0.05, 0.1) is 23.0 Å². The molecule has 10 aromatic rings. The van der Waals surface area contributed by atoms with Gasteiger partial charge in [0.1, 0.15) is 0 Å². The summed E-state index contributed by atoms with van der Waals surface area (Å²) < 4.78 is 0. The second-order valence-electron chi connectivity index (χ2n) is 17.0. The molecule has 0 aliphatic carbocycles. The van der Waals surface area contributed by atoms with Crippen LogP contribution in [0.3, 0.4) is 0 Å². The SMILES string of the molecule is N#Cc1cccc(-c2cc3c4c(c2)N(c2c(-c5ccccc5)cccc2-c2ccccc2)c2cc(Cl)ccc2B4c2ccc(Cl)cc2N3c2c(-c3ccccc3)cccc2-c2ccccc2)c1. The molecule has 0 radical (unpaired) electrons. The van der Waals surface area contributed by atoms with E-state index in [1.807, 2.05) is 30.3 Å². The molecule has 6 heteroatoms. The number of hydrogen-bond donors (Lipinski definition) is 0. The highest BCUT2D eigenvalue weighted by Crippen LogP contribution is 2.53. The fraction of sp³-hybridized carbons (Fsp3) is 0. The lowest BCUT2D eigenvalue weighted by Crippen LogP contribution is -2.61. The lowest BCUT2D eigenvalue weighted by atomic mass is 9.33. The van der Waals surface area contributed by atoms with Crippen molar-refractivity contribution in [2.24, 2.45) is 0 Å². The van der Waals surface area contributed by atoms with E-state index in [4.69, 9.17) is 23.2 Å². The van der Waals surface area contributed by atoms with Crippen LogP contribution in [0.2, 0.25) is 10.0 Å². The van der Waals surface area contributed by atoms with Crippen molar-refractivity contribution in [2.45, 2.75) is 0 Å². The van der Waals surface area contributed by atoms with Gasteiger partial charge in [-0.05, 0) is 98.3 Å². The summed E-state index contributed by atoms with van der Waals surface area (Å²) in [4.78, 5) is 4.91. The zero-order chi connectivity index (χ0) is 45.0. The van der Waals surface area contributed by atoms with Crippen molar-refractivity contribution >= 4 is 80.4 Å². The molecule has 0 fully saturated rings. The van der Waals surface area contributed by atoms with Gasteiger partial charge in [-0.1, -0.05) is 205 Å². The summed E-state index contributed by atoms with van der Waals surface area (Å²) >= 11 is 14.3. The first-order valence-corrected chi connectivity index (χ1v) is 23.1. The molecule has 3 nitrogen and oxygen atoms in total. The third-order valence-electron chi connectivity index (χ3n) is 13.2. The molecule has 0 saturated heterocycles. The summed E-state index contributed by atoms with van der Waals surface area (Å²) in [5.74, 6) is 0. The number of anilines is 6. The fourth-order valence-electron chi connectivity index (χ4n) is 10.3. The van der Waals surface area contributed by atoms with Gasteiger partial charge >= 0.3 is 0 Å². The van der Waals surface area contributed by atoms with Crippen LogP contribution >= 0.6 is 23.2 Å². The molecule has 2 aliphatic rings. The van der Waals surface area contributed by atoms with E-state index >= 15 is 0 Å². The number of para-hydroxylation sites is 2. The molecule has 0 saturated carbocycles. The number of nitriles is 1. The van der Waals surface area contributed by atoms with Crippen molar-refractivity contribution < 1.29 is 0 Å². The minimum atomic E-state index is -0.204. The van der Waals surface area contributed by atoms with Crippen LogP contribution in [0, 0.1) is 11.3 Å². The molecule has 67 heavy (non-hydrogen) atoms. The molecular formula is C61H38BCl2N3. The number of hydrogen-bond acceptors (Lipinski definition) is 3. The lowest BCUT2D eigenvalue weighted by molar-refractivity contribution is 1.25. The van der Waals surface area contributed by atoms with Crippen LogP contribution < -0.4 is 26.2 Å². The molecule has 0 bridgehead atoms. The Kier molecular flexibility index (Phi) is 10.1. The maximum absolute atomic E-state index is 10.3. The number of nitrogens with zero attached hydrogens (tertiary/aromatic N) is 3. The van der Waals surface area contributed by atoms with Crippen LogP contribution in [0.5, 0.6) is 0 Å². The summed E-state index contributed by atoms with van der Waals surface area (Å²) in [6.07, 6.45) is 0. The Hall–Kier alpha value is -8.07. The molecule has 12 rings (SSSR count). The van der Waals surface area contributed by atoms with Crippen LogP contribution in [0.4, 0.5) is 34.1 Å². The van der Waals surface area contributed by atoms with Crippen LogP contribution in [-0.2, 0) is 0 Å². The normalized spacial score (nSPS) is 12.2. The van der Waals surface area contributed by atoms with Crippen molar-refractivity contribution in [3.63, 3.8) is 0 Å². The molecule has 0 N–H and O–H groups in total. The molecule has 0 aromatic heterocycles. The van der Waals surface area contributed by atoms with E-state index in [1.165, 1.54) is 0 Å². The molecule has 0 spiro atoms. The van der Waals surface area contributed by atoms with Crippen LogP contribution in [0.1, 0.15) is 5.56 Å². The summed E-state index contributed by atoms with van der Waals surface area (Å²) in [7, 11) is 0. The maximum Gasteiger partial charge on any atom is 0.252 e. The predicted octanol–water partition coefficient (Wildman–Crippen LogP) is 15.3. The van der Waals surface area contributed by atoms with Gasteiger partial charge in [-0.3, -0.25) is 0 Å². The first-order chi connectivity index (χ1) is 33.0. The molecular weight excluding hydrogens is 856 g/mol. The molecule has 2 aliphatic heterocycles. The van der Waals surface area contributed by atoms with Crippen molar-refractivity contribution in [3.8, 4) is 61.7 Å². The highest BCUT2D eigenvalue weighted by Gasteiger charge is 2.45. The molecule has 2 heterocycles. The Morgan fingerprint density at radius 1 is 0.343 bits per heavy atom. The van der Waals surface area contributed by atoms with Gasteiger partial charge in [0, 0.05) is 55.0 Å². The van der Waals surface area contributed by atoms with Crippen LogP contribution in [0.25, 0.3) is 55.6 Å². The van der Waals surface area contributed by atoms with E-state index in [9.17, 15) is 5.26 Å². The van der Waals surface area contributed by atoms with Gasteiger partial charge in [-0.25, -0.2) is 0 Å². The first-order valence-electron chi connectivity index (χ1n) is 22.4. The largest absolute Gasteiger partial charge is 0.310 e. The molecule has 10 aromatic carbocycles. The second kappa shape index (κ2) is 16.7. The van der Waals surface area contributed by atoms with Crippen molar-refractivity contribution in [1.82, 2.24) is 0 Å². The molecule has 0 atom stereocenters. The van der Waals surface area contributed by atoms with E-state index in [0.29, 0.717) is 15.6 Å². The summed E-state index contributed by atoms with van der Waals surface area (Å²) in [6, 6.07) is 83.5. The minimum absolute atomic E-state index is 0.204. The van der Waals surface area contributed by atoms with Gasteiger partial charge in [0.15, 0.2) is 0 Å². The maximum atomic E-state index is 10.3. The summed E-state index contributed by atoms with van der Waals surface area (Å²) in [6.45, 7) is -0.204. The average molecular weight is 895 g/mol. The first kappa shape index (κ1) is 40.4. The summed E-state index contributed by atoms with van der Waals surface area (Å²) in [5.41, 5.74) is 20.7. The third-order valence-corrected chi connectivity index (χ3v) is 13.6. The summed E-state index contributed by atoms with van der Waals surface area (Å²) in [5, 5.41) is 11.5. The predicted molar refractivity (Wildman–Crippen MR) is 282 cm³/mol. The van der Waals surface area contributed by atoms with Crippen LogP contribution in [0.15, 0.2) is 231 Å². The molecule has 314 valence electrons. The quantitative estimate of drug-likeness (QED) is 0.149. The van der Waals surface area contributed by atoms with Crippen molar-refractivity contribution in [3.05, 3.63) is 246 Å². The third kappa shape index (κ3) is 6.91. The highest BCUT2D eigenvalue weighted by molar-refractivity contribution is 7.00. The van der Waals surface area contributed by atoms with Crippen molar-refractivity contribution in [1.29, 1.82) is 5.26 Å². The van der Waals surface area contributed by atoms with E-state index in [-0.39, 0.29) is 6.71 Å². The van der Waals surface area contributed by atoms with E-state index < -0.39 is 0 Å². The number of benzene rings is 10. The molecule has 0 unspecified atom stereocenters. The number of halogens is 2. The minimum Gasteiger partial charge on any atom is -0.310 e. The Labute approximate surface area is 401 Å². The second-order valence-corrected chi connectivity index (χ2v) is 17.9. The molecule has 0 amide bonds. The van der Waals surface area contributed by atoms with Crippen LogP contribution in [-0.4, -0.2) is 6.71 Å². The smallest absolute Gasteiger partial charge is 0.252 e. The Morgan fingerprint density at radius 2 is 0.716 bits per heavy atom. The zero-order valence-corrected chi connectivity index (χ0v) is 37.6. The Bertz CT molecular complexity index is 3250. The monoisotopic (exact) mass is 893 g/mol. The van der Waals surface area contributed by atoms with Gasteiger partial charge in [-0.2, -0.15) is 5.26 Å². The van der Waals surface area contributed by atoms with E-state index in [0.717, 1.165) is 106 Å². The topological polar surface area (TPSA) is 30.3 Å². The van der Waals surface area contributed by atoms with Gasteiger partial charge in [0.2, 0.25) is 0 Å².